The summed E-state index contributed by atoms with van der Waals surface area (Å²) < 4.78 is 5.82. The molecule has 2 nitrogen and oxygen atoms in total. The summed E-state index contributed by atoms with van der Waals surface area (Å²) >= 11 is 0. The van der Waals surface area contributed by atoms with Crippen molar-refractivity contribution in [3.63, 3.8) is 0 Å². The highest BCUT2D eigenvalue weighted by atomic mass is 16.5. The number of carbonyl (C=O) groups is 1. The summed E-state index contributed by atoms with van der Waals surface area (Å²) in [6.07, 6.45) is 2.54. The van der Waals surface area contributed by atoms with Gasteiger partial charge >= 0.3 is 0 Å². The van der Waals surface area contributed by atoms with Crippen LogP contribution in [0.1, 0.15) is 60.8 Å². The monoisotopic (exact) mass is 228 g/mol. The summed E-state index contributed by atoms with van der Waals surface area (Å²) in [4.78, 5) is 11.5. The lowest BCUT2D eigenvalue weighted by Gasteiger charge is -2.26. The third kappa shape index (κ3) is 7.86. The molecule has 0 fully saturated rings. The van der Waals surface area contributed by atoms with Gasteiger partial charge < -0.3 is 4.74 Å². The molecule has 0 unspecified atom stereocenters. The number of Topliss-reactive ketones (excluding diaryl/α,β-unsaturated/α-hetero) is 1. The Kier molecular flexibility index (Phi) is 6.89. The molecular weight excluding hydrogens is 200 g/mol. The van der Waals surface area contributed by atoms with E-state index in [0.29, 0.717) is 18.1 Å². The molecule has 0 N–H and O–H groups in total. The molecule has 2 heteroatoms. The molecule has 0 aromatic carbocycles. The number of carbonyl (C=O) groups excluding carboxylic acids is 1. The third-order valence-electron chi connectivity index (χ3n) is 2.81. The van der Waals surface area contributed by atoms with E-state index in [1.807, 2.05) is 13.8 Å². The highest BCUT2D eigenvalue weighted by Gasteiger charge is 2.20. The normalized spacial score (nSPS) is 12.5. The lowest BCUT2D eigenvalue weighted by Crippen LogP contribution is -2.27. The first-order chi connectivity index (χ1) is 7.24. The maximum absolute atomic E-state index is 11.5. The maximum Gasteiger partial charge on any atom is 0.135 e. The van der Waals surface area contributed by atoms with Gasteiger partial charge in [0.2, 0.25) is 0 Å². The second-order valence-electron chi connectivity index (χ2n) is 5.91. The highest BCUT2D eigenvalue weighted by Crippen LogP contribution is 2.19. The van der Waals surface area contributed by atoms with Gasteiger partial charge in [-0.25, -0.2) is 0 Å². The van der Waals surface area contributed by atoms with Gasteiger partial charge in [-0.1, -0.05) is 27.7 Å². The summed E-state index contributed by atoms with van der Waals surface area (Å²) in [6.45, 7) is 13.2. The largest absolute Gasteiger partial charge is 0.376 e. The van der Waals surface area contributed by atoms with Crippen molar-refractivity contribution in [1.29, 1.82) is 0 Å². The van der Waals surface area contributed by atoms with Crippen molar-refractivity contribution in [2.24, 2.45) is 11.8 Å². The van der Waals surface area contributed by atoms with Crippen LogP contribution >= 0.6 is 0 Å². The zero-order valence-corrected chi connectivity index (χ0v) is 11.8. The molecule has 0 amide bonds. The quantitative estimate of drug-likeness (QED) is 0.631. The molecule has 0 radical (unpaired) electrons. The Labute approximate surface area is 101 Å². The summed E-state index contributed by atoms with van der Waals surface area (Å²) in [5.74, 6) is 1.15. The summed E-state index contributed by atoms with van der Waals surface area (Å²) in [5.41, 5.74) is -0.167. The lowest BCUT2D eigenvalue weighted by molar-refractivity contribution is -0.123. The van der Waals surface area contributed by atoms with Crippen molar-refractivity contribution < 1.29 is 9.53 Å². The lowest BCUT2D eigenvalue weighted by atomic mass is 9.96. The molecule has 0 spiro atoms. The fourth-order valence-corrected chi connectivity index (χ4v) is 1.36. The molecule has 0 aromatic rings. The second-order valence-corrected chi connectivity index (χ2v) is 5.91. The Balaban J connectivity index is 3.82. The molecule has 0 aliphatic heterocycles. The van der Waals surface area contributed by atoms with Crippen LogP contribution in [0, 0.1) is 11.8 Å². The van der Waals surface area contributed by atoms with E-state index in [2.05, 4.69) is 27.7 Å². The van der Waals surface area contributed by atoms with Crippen LogP contribution in [0.5, 0.6) is 0 Å². The van der Waals surface area contributed by atoms with Gasteiger partial charge in [0.25, 0.3) is 0 Å². The average Bonchev–Trinajstić information content (AvgIpc) is 2.13. The van der Waals surface area contributed by atoms with Gasteiger partial charge in [-0.2, -0.15) is 0 Å². The standard InChI is InChI=1S/C14H28O2/c1-11(2)8-10-16-14(5,6)9-7-13(15)12(3)4/h11-12H,7-10H2,1-6H3. The molecule has 0 rings (SSSR count). The Morgan fingerprint density at radius 3 is 2.19 bits per heavy atom. The van der Waals surface area contributed by atoms with Crippen molar-refractivity contribution in [1.82, 2.24) is 0 Å². The van der Waals surface area contributed by atoms with Crippen LogP contribution in [0.4, 0.5) is 0 Å². The molecular formula is C14H28O2. The topological polar surface area (TPSA) is 26.3 Å². The summed E-state index contributed by atoms with van der Waals surface area (Å²) in [6, 6.07) is 0. The molecule has 0 aromatic heterocycles. The number of hydrogen-bond acceptors (Lipinski definition) is 2. The van der Waals surface area contributed by atoms with Gasteiger partial charge in [-0.15, -0.1) is 0 Å². The first-order valence-electron chi connectivity index (χ1n) is 6.41. The number of hydrogen-bond donors (Lipinski definition) is 0. The van der Waals surface area contributed by atoms with E-state index in [1.165, 1.54) is 0 Å². The molecule has 0 saturated carbocycles. The van der Waals surface area contributed by atoms with Crippen LogP contribution in [-0.4, -0.2) is 18.0 Å². The molecule has 0 bridgehead atoms. The molecule has 0 aliphatic rings. The fourth-order valence-electron chi connectivity index (χ4n) is 1.36. The van der Waals surface area contributed by atoms with Crippen LogP contribution < -0.4 is 0 Å². The molecule has 0 atom stereocenters. The van der Waals surface area contributed by atoms with Crippen LogP contribution in [0.25, 0.3) is 0 Å². The van der Waals surface area contributed by atoms with E-state index in [9.17, 15) is 4.79 Å². The van der Waals surface area contributed by atoms with Gasteiger partial charge in [-0.3, -0.25) is 4.79 Å². The van der Waals surface area contributed by atoms with E-state index >= 15 is 0 Å². The summed E-state index contributed by atoms with van der Waals surface area (Å²) in [5, 5.41) is 0. The van der Waals surface area contributed by atoms with Crippen molar-refractivity contribution in [3.8, 4) is 0 Å². The Morgan fingerprint density at radius 1 is 1.19 bits per heavy atom. The molecule has 0 heterocycles. The van der Waals surface area contributed by atoms with E-state index in [1.54, 1.807) is 0 Å². The molecule has 96 valence electrons. The fraction of sp³-hybridized carbons (Fsp3) is 0.929. The van der Waals surface area contributed by atoms with Gasteiger partial charge in [0.05, 0.1) is 5.60 Å². The van der Waals surface area contributed by atoms with Crippen LogP contribution in [-0.2, 0) is 9.53 Å². The molecule has 0 aliphatic carbocycles. The van der Waals surface area contributed by atoms with E-state index in [-0.39, 0.29) is 11.5 Å². The Hall–Kier alpha value is -0.370. The van der Waals surface area contributed by atoms with Crippen LogP contribution in [0.15, 0.2) is 0 Å². The first kappa shape index (κ1) is 15.6. The van der Waals surface area contributed by atoms with Crippen LogP contribution in [0.3, 0.4) is 0 Å². The van der Waals surface area contributed by atoms with Gasteiger partial charge in [0.1, 0.15) is 5.78 Å². The van der Waals surface area contributed by atoms with Crippen LogP contribution in [0.2, 0.25) is 0 Å². The maximum atomic E-state index is 11.5. The Morgan fingerprint density at radius 2 is 1.75 bits per heavy atom. The zero-order chi connectivity index (χ0) is 12.8. The Bertz CT molecular complexity index is 205. The minimum absolute atomic E-state index is 0.145. The predicted molar refractivity (Wildman–Crippen MR) is 68.6 cm³/mol. The zero-order valence-electron chi connectivity index (χ0n) is 11.8. The van der Waals surface area contributed by atoms with Gasteiger partial charge in [0.15, 0.2) is 0 Å². The predicted octanol–water partition coefficient (Wildman–Crippen LogP) is 3.83. The smallest absolute Gasteiger partial charge is 0.135 e. The van der Waals surface area contributed by atoms with E-state index in [4.69, 9.17) is 4.74 Å². The minimum atomic E-state index is -0.167. The van der Waals surface area contributed by atoms with Crippen molar-refractivity contribution >= 4 is 5.78 Å². The third-order valence-corrected chi connectivity index (χ3v) is 2.81. The molecule has 0 saturated heterocycles. The minimum Gasteiger partial charge on any atom is -0.376 e. The van der Waals surface area contributed by atoms with Crippen molar-refractivity contribution in [3.05, 3.63) is 0 Å². The van der Waals surface area contributed by atoms with Crippen molar-refractivity contribution in [2.45, 2.75) is 66.4 Å². The average molecular weight is 228 g/mol. The van der Waals surface area contributed by atoms with E-state index in [0.717, 1.165) is 19.4 Å². The van der Waals surface area contributed by atoms with Gasteiger partial charge in [-0.05, 0) is 32.6 Å². The number of ether oxygens (including phenoxy) is 1. The first-order valence-corrected chi connectivity index (χ1v) is 6.41. The second kappa shape index (κ2) is 7.05. The molecule has 16 heavy (non-hydrogen) atoms. The summed E-state index contributed by atoms with van der Waals surface area (Å²) in [7, 11) is 0. The van der Waals surface area contributed by atoms with E-state index < -0.39 is 0 Å². The van der Waals surface area contributed by atoms with Crippen molar-refractivity contribution in [2.75, 3.05) is 6.61 Å². The number of ketones is 1. The number of rotatable bonds is 8. The SMILES string of the molecule is CC(C)CCOC(C)(C)CCC(=O)C(C)C. The highest BCUT2D eigenvalue weighted by molar-refractivity contribution is 5.80. The van der Waals surface area contributed by atoms with Gasteiger partial charge in [0, 0.05) is 18.9 Å².